The molecule has 1 heterocycles. The molecule has 0 aliphatic carbocycles. The van der Waals surface area contributed by atoms with Gasteiger partial charge in [-0.05, 0) is 50.1 Å². The molecule has 0 aliphatic rings. The smallest absolute Gasteiger partial charge is 0.226 e. The van der Waals surface area contributed by atoms with Crippen molar-refractivity contribution < 1.29 is 9.53 Å². The van der Waals surface area contributed by atoms with Gasteiger partial charge in [0.15, 0.2) is 5.13 Å². The van der Waals surface area contributed by atoms with E-state index in [9.17, 15) is 4.79 Å². The lowest BCUT2D eigenvalue weighted by Crippen LogP contribution is -2.12. The number of nitrogens with zero attached hydrogens (tertiary/aromatic N) is 1. The van der Waals surface area contributed by atoms with E-state index in [2.05, 4.69) is 26.2 Å². The summed E-state index contributed by atoms with van der Waals surface area (Å²) in [6, 6.07) is 15.9. The van der Waals surface area contributed by atoms with E-state index in [1.807, 2.05) is 62.4 Å². The van der Waals surface area contributed by atoms with E-state index in [1.165, 1.54) is 11.3 Å². The Morgan fingerprint density at radius 3 is 2.52 bits per heavy atom. The third kappa shape index (κ3) is 5.40. The molecule has 0 saturated heterocycles. The third-order valence-electron chi connectivity index (χ3n) is 4.04. The van der Waals surface area contributed by atoms with Crippen LogP contribution >= 0.6 is 27.3 Å². The maximum Gasteiger partial charge on any atom is 0.226 e. The molecule has 4 nitrogen and oxygen atoms in total. The largest absolute Gasteiger partial charge is 0.494 e. The molecule has 1 amide bonds. The van der Waals surface area contributed by atoms with Gasteiger partial charge in [0.2, 0.25) is 5.91 Å². The van der Waals surface area contributed by atoms with Gasteiger partial charge in [-0.1, -0.05) is 40.2 Å². The Labute approximate surface area is 171 Å². The number of hydrogen-bond donors (Lipinski definition) is 1. The Morgan fingerprint density at radius 2 is 1.85 bits per heavy atom. The highest BCUT2D eigenvalue weighted by Gasteiger charge is 2.12. The molecule has 27 heavy (non-hydrogen) atoms. The Balaban J connectivity index is 1.58. The number of rotatable bonds is 7. The molecule has 140 valence electrons. The number of ether oxygens (including phenoxy) is 1. The molecule has 0 unspecified atom stereocenters. The Hall–Kier alpha value is -2.18. The van der Waals surface area contributed by atoms with Crippen LogP contribution in [0.1, 0.15) is 23.8 Å². The Bertz CT molecular complexity index is 905. The molecule has 0 saturated carbocycles. The lowest BCUT2D eigenvalue weighted by Gasteiger charge is -2.05. The molecule has 3 rings (SSSR count). The maximum atomic E-state index is 12.3. The molecule has 3 aromatic rings. The average Bonchev–Trinajstić information content (AvgIpc) is 3.02. The van der Waals surface area contributed by atoms with Crippen molar-refractivity contribution >= 4 is 38.3 Å². The zero-order valence-corrected chi connectivity index (χ0v) is 17.7. The molecule has 2 aromatic carbocycles. The highest BCUT2D eigenvalue weighted by molar-refractivity contribution is 9.10. The van der Waals surface area contributed by atoms with Crippen LogP contribution in [0.15, 0.2) is 53.0 Å². The number of aromatic nitrogens is 1. The van der Waals surface area contributed by atoms with Crippen molar-refractivity contribution in [1.29, 1.82) is 0 Å². The standard InChI is InChI=1S/C21H21BrN2O2S/c1-3-26-18-11-4-15(5-12-18)6-13-19(25)23-21-24-20(14(2)27-21)16-7-9-17(22)10-8-16/h4-5,7-12H,3,6,13H2,1-2H3,(H,23,24,25). The van der Waals surface area contributed by atoms with Crippen molar-refractivity contribution in [2.24, 2.45) is 0 Å². The number of anilines is 1. The van der Waals surface area contributed by atoms with Crippen LogP contribution in [0.5, 0.6) is 5.75 Å². The van der Waals surface area contributed by atoms with Crippen molar-refractivity contribution in [3.05, 3.63) is 63.4 Å². The first kappa shape index (κ1) is 19.6. The zero-order chi connectivity index (χ0) is 19.2. The molecule has 1 aromatic heterocycles. The van der Waals surface area contributed by atoms with E-state index in [4.69, 9.17) is 4.74 Å². The van der Waals surface area contributed by atoms with Crippen LogP contribution in [0.2, 0.25) is 0 Å². The van der Waals surface area contributed by atoms with Crippen LogP contribution in [0.3, 0.4) is 0 Å². The van der Waals surface area contributed by atoms with Gasteiger partial charge < -0.3 is 10.1 Å². The summed E-state index contributed by atoms with van der Waals surface area (Å²) < 4.78 is 6.46. The second-order valence-electron chi connectivity index (χ2n) is 6.06. The SMILES string of the molecule is CCOc1ccc(CCC(=O)Nc2nc(-c3ccc(Br)cc3)c(C)s2)cc1. The summed E-state index contributed by atoms with van der Waals surface area (Å²) in [6.07, 6.45) is 1.10. The van der Waals surface area contributed by atoms with Crippen molar-refractivity contribution in [3.63, 3.8) is 0 Å². The van der Waals surface area contributed by atoms with Crippen molar-refractivity contribution in [2.75, 3.05) is 11.9 Å². The number of benzene rings is 2. The van der Waals surface area contributed by atoms with Crippen LogP contribution in [0.4, 0.5) is 5.13 Å². The van der Waals surface area contributed by atoms with Crippen LogP contribution in [0.25, 0.3) is 11.3 Å². The minimum absolute atomic E-state index is 0.0278. The molecule has 6 heteroatoms. The van der Waals surface area contributed by atoms with Gasteiger partial charge in [-0.25, -0.2) is 4.98 Å². The summed E-state index contributed by atoms with van der Waals surface area (Å²) in [5.74, 6) is 0.824. The fraction of sp³-hybridized carbons (Fsp3) is 0.238. The van der Waals surface area contributed by atoms with Gasteiger partial charge in [0.25, 0.3) is 0 Å². The summed E-state index contributed by atoms with van der Waals surface area (Å²) in [5, 5.41) is 3.56. The molecule has 0 atom stereocenters. The number of nitrogens with one attached hydrogen (secondary N) is 1. The molecule has 0 bridgehead atoms. The molecule has 0 radical (unpaired) electrons. The van der Waals surface area contributed by atoms with Crippen molar-refractivity contribution in [3.8, 4) is 17.0 Å². The van der Waals surface area contributed by atoms with E-state index in [0.29, 0.717) is 24.6 Å². The molecule has 0 spiro atoms. The molecular weight excluding hydrogens is 424 g/mol. The fourth-order valence-corrected chi connectivity index (χ4v) is 3.80. The van der Waals surface area contributed by atoms with Gasteiger partial charge in [0.1, 0.15) is 5.75 Å². The Kier molecular flexibility index (Phi) is 6.63. The van der Waals surface area contributed by atoms with Gasteiger partial charge in [-0.15, -0.1) is 11.3 Å². The maximum absolute atomic E-state index is 12.3. The minimum atomic E-state index is -0.0278. The van der Waals surface area contributed by atoms with Crippen LogP contribution < -0.4 is 10.1 Å². The molecule has 0 aliphatic heterocycles. The van der Waals surface area contributed by atoms with E-state index >= 15 is 0 Å². The average molecular weight is 445 g/mol. The van der Waals surface area contributed by atoms with Gasteiger partial charge in [0, 0.05) is 21.3 Å². The fourth-order valence-electron chi connectivity index (χ4n) is 2.68. The summed E-state index contributed by atoms with van der Waals surface area (Å²) in [6.45, 7) is 4.63. The predicted molar refractivity (Wildman–Crippen MR) is 115 cm³/mol. The number of carbonyl (C=O) groups excluding carboxylic acids is 1. The number of amides is 1. The van der Waals surface area contributed by atoms with Crippen molar-refractivity contribution in [2.45, 2.75) is 26.7 Å². The summed E-state index contributed by atoms with van der Waals surface area (Å²) in [4.78, 5) is 18.0. The highest BCUT2D eigenvalue weighted by Crippen LogP contribution is 2.31. The third-order valence-corrected chi connectivity index (χ3v) is 5.45. The van der Waals surface area contributed by atoms with E-state index in [0.717, 1.165) is 31.9 Å². The number of hydrogen-bond acceptors (Lipinski definition) is 4. The number of aryl methyl sites for hydroxylation is 2. The second-order valence-corrected chi connectivity index (χ2v) is 8.17. The quantitative estimate of drug-likeness (QED) is 0.496. The van der Waals surface area contributed by atoms with Gasteiger partial charge in [0.05, 0.1) is 12.3 Å². The molecule has 0 fully saturated rings. The summed E-state index contributed by atoms with van der Waals surface area (Å²) in [7, 11) is 0. The number of halogens is 1. The van der Waals surface area contributed by atoms with Crippen LogP contribution in [0, 0.1) is 6.92 Å². The predicted octanol–water partition coefficient (Wildman–Crippen LogP) is 5.85. The van der Waals surface area contributed by atoms with Gasteiger partial charge in [-0.3, -0.25) is 4.79 Å². The second kappa shape index (κ2) is 9.15. The van der Waals surface area contributed by atoms with E-state index in [1.54, 1.807) is 0 Å². The molecular formula is C21H21BrN2O2S. The highest BCUT2D eigenvalue weighted by atomic mass is 79.9. The summed E-state index contributed by atoms with van der Waals surface area (Å²) in [5.41, 5.74) is 3.07. The number of carbonyl (C=O) groups is 1. The normalized spacial score (nSPS) is 10.6. The first-order chi connectivity index (χ1) is 13.0. The summed E-state index contributed by atoms with van der Waals surface area (Å²) >= 11 is 4.94. The molecule has 1 N–H and O–H groups in total. The van der Waals surface area contributed by atoms with Gasteiger partial charge in [-0.2, -0.15) is 0 Å². The monoisotopic (exact) mass is 444 g/mol. The minimum Gasteiger partial charge on any atom is -0.494 e. The van der Waals surface area contributed by atoms with Crippen LogP contribution in [-0.2, 0) is 11.2 Å². The van der Waals surface area contributed by atoms with E-state index in [-0.39, 0.29) is 5.91 Å². The van der Waals surface area contributed by atoms with Gasteiger partial charge >= 0.3 is 0 Å². The topological polar surface area (TPSA) is 51.2 Å². The van der Waals surface area contributed by atoms with E-state index < -0.39 is 0 Å². The lowest BCUT2D eigenvalue weighted by atomic mass is 10.1. The Morgan fingerprint density at radius 1 is 1.15 bits per heavy atom. The number of thiazole rings is 1. The first-order valence-corrected chi connectivity index (χ1v) is 10.4. The zero-order valence-electron chi connectivity index (χ0n) is 15.3. The van der Waals surface area contributed by atoms with Crippen molar-refractivity contribution in [1.82, 2.24) is 4.98 Å². The van der Waals surface area contributed by atoms with Crippen LogP contribution in [-0.4, -0.2) is 17.5 Å². The first-order valence-electron chi connectivity index (χ1n) is 8.80. The lowest BCUT2D eigenvalue weighted by molar-refractivity contribution is -0.116.